The highest BCUT2D eigenvalue weighted by Gasteiger charge is 2.23. The third-order valence-corrected chi connectivity index (χ3v) is 4.95. The Hall–Kier alpha value is -1.03. The van der Waals surface area contributed by atoms with Crippen molar-refractivity contribution in [3.05, 3.63) is 22.4 Å². The molecule has 0 bridgehead atoms. The first kappa shape index (κ1) is 22.0. The van der Waals surface area contributed by atoms with E-state index in [1.54, 1.807) is 4.90 Å². The summed E-state index contributed by atoms with van der Waals surface area (Å²) in [7, 11) is 1.81. The van der Waals surface area contributed by atoms with E-state index in [1.165, 1.54) is 4.88 Å². The van der Waals surface area contributed by atoms with Gasteiger partial charge in [-0.25, -0.2) is 4.79 Å². The van der Waals surface area contributed by atoms with Crippen molar-refractivity contribution in [2.45, 2.75) is 20.3 Å². The number of amides is 1. The third kappa shape index (κ3) is 7.01. The number of carbonyl (C=O) groups excluding carboxylic acids is 1. The molecule has 1 aromatic heterocycles. The summed E-state index contributed by atoms with van der Waals surface area (Å²) in [6, 6.07) is 4.28. The van der Waals surface area contributed by atoms with Crippen LogP contribution < -0.4 is 5.32 Å². The molecule has 8 heteroatoms. The van der Waals surface area contributed by atoms with Crippen molar-refractivity contribution in [2.75, 3.05) is 46.4 Å². The van der Waals surface area contributed by atoms with Crippen molar-refractivity contribution in [1.82, 2.24) is 15.1 Å². The van der Waals surface area contributed by atoms with Gasteiger partial charge in [-0.3, -0.25) is 4.99 Å². The molecule has 0 spiro atoms. The summed E-state index contributed by atoms with van der Waals surface area (Å²) in [6.45, 7) is 8.28. The maximum atomic E-state index is 11.8. The molecule has 0 radical (unpaired) electrons. The molecule has 1 aliphatic heterocycles. The molecule has 1 atom stereocenters. The van der Waals surface area contributed by atoms with Crippen LogP contribution in [-0.2, 0) is 11.2 Å². The molecule has 2 rings (SSSR count). The van der Waals surface area contributed by atoms with Crippen molar-refractivity contribution in [3.63, 3.8) is 0 Å². The van der Waals surface area contributed by atoms with Crippen molar-refractivity contribution < 1.29 is 9.53 Å². The van der Waals surface area contributed by atoms with Crippen LogP contribution in [0.15, 0.2) is 22.5 Å². The quantitative estimate of drug-likeness (QED) is 0.400. The van der Waals surface area contributed by atoms with Gasteiger partial charge in [0.15, 0.2) is 5.96 Å². The number of thiophene rings is 1. The summed E-state index contributed by atoms with van der Waals surface area (Å²) >= 11 is 1.81. The number of ether oxygens (including phenoxy) is 1. The zero-order valence-electron chi connectivity index (χ0n) is 15.2. The molecule has 2 heterocycles. The third-order valence-electron chi connectivity index (χ3n) is 4.06. The number of hydrogen-bond donors (Lipinski definition) is 1. The van der Waals surface area contributed by atoms with Crippen molar-refractivity contribution in [3.8, 4) is 0 Å². The molecule has 1 amide bonds. The fraction of sp³-hybridized carbons (Fsp3) is 0.647. The Morgan fingerprint density at radius 3 is 2.60 bits per heavy atom. The van der Waals surface area contributed by atoms with Gasteiger partial charge in [0.1, 0.15) is 0 Å². The Morgan fingerprint density at radius 1 is 1.36 bits per heavy atom. The zero-order chi connectivity index (χ0) is 17.4. The van der Waals surface area contributed by atoms with E-state index >= 15 is 0 Å². The van der Waals surface area contributed by atoms with E-state index in [-0.39, 0.29) is 30.1 Å². The van der Waals surface area contributed by atoms with Gasteiger partial charge in [0, 0.05) is 44.6 Å². The minimum absolute atomic E-state index is 0. The van der Waals surface area contributed by atoms with Gasteiger partial charge in [0.25, 0.3) is 0 Å². The van der Waals surface area contributed by atoms with Crippen molar-refractivity contribution in [1.29, 1.82) is 0 Å². The average Bonchev–Trinajstić information content (AvgIpc) is 3.09. The second-order valence-corrected chi connectivity index (χ2v) is 7.02. The van der Waals surface area contributed by atoms with Crippen LogP contribution in [0.1, 0.15) is 18.7 Å². The summed E-state index contributed by atoms with van der Waals surface area (Å²) in [5.74, 6) is 1.46. The molecule has 0 saturated carbocycles. The highest BCUT2D eigenvalue weighted by molar-refractivity contribution is 14.0. The number of guanidine groups is 1. The molecule has 1 aromatic rings. The van der Waals surface area contributed by atoms with Crippen LogP contribution in [0.2, 0.25) is 0 Å². The van der Waals surface area contributed by atoms with Crippen LogP contribution in [0.3, 0.4) is 0 Å². The van der Waals surface area contributed by atoms with Crippen molar-refractivity contribution >= 4 is 47.4 Å². The van der Waals surface area contributed by atoms with Gasteiger partial charge >= 0.3 is 6.09 Å². The molecule has 25 heavy (non-hydrogen) atoms. The molecule has 0 aromatic carbocycles. The standard InChI is InChI=1S/C17H28N4O2S.HI/c1-4-23-17(22)21-9-7-20(8-10-21)16(18-3)19-13-14(2)12-15-6-5-11-24-15;/h5-6,11,14H,4,7-10,12-13H2,1-3H3,(H,18,19);1H. The van der Waals surface area contributed by atoms with Gasteiger partial charge in [-0.1, -0.05) is 13.0 Å². The van der Waals surface area contributed by atoms with Crippen LogP contribution in [0.4, 0.5) is 4.79 Å². The van der Waals surface area contributed by atoms with E-state index in [4.69, 9.17) is 4.74 Å². The summed E-state index contributed by atoms with van der Waals surface area (Å²) < 4.78 is 5.06. The van der Waals surface area contributed by atoms with Gasteiger partial charge in [0.05, 0.1) is 6.61 Å². The number of aliphatic imine (C=N–C) groups is 1. The molecular weight excluding hydrogens is 451 g/mol. The van der Waals surface area contributed by atoms with Gasteiger partial charge in [0.2, 0.25) is 0 Å². The minimum Gasteiger partial charge on any atom is -0.450 e. The molecular formula is C17H29IN4O2S. The fourth-order valence-electron chi connectivity index (χ4n) is 2.76. The van der Waals surface area contributed by atoms with Crippen LogP contribution >= 0.6 is 35.3 Å². The number of carbonyl (C=O) groups is 1. The Bertz CT molecular complexity index is 531. The normalized spacial score (nSPS) is 16.2. The fourth-order valence-corrected chi connectivity index (χ4v) is 3.63. The second kappa shape index (κ2) is 11.6. The van der Waals surface area contributed by atoms with Gasteiger partial charge in [-0.15, -0.1) is 35.3 Å². The summed E-state index contributed by atoms with van der Waals surface area (Å²) in [5.41, 5.74) is 0. The first-order chi connectivity index (χ1) is 11.6. The maximum Gasteiger partial charge on any atom is 0.409 e. The van der Waals surface area contributed by atoms with Gasteiger partial charge in [-0.05, 0) is 30.7 Å². The molecule has 1 fully saturated rings. The van der Waals surface area contributed by atoms with E-state index < -0.39 is 0 Å². The Labute approximate surface area is 171 Å². The maximum absolute atomic E-state index is 11.8. The highest BCUT2D eigenvalue weighted by Crippen LogP contribution is 2.14. The lowest BCUT2D eigenvalue weighted by molar-refractivity contribution is 0.0914. The van der Waals surface area contributed by atoms with E-state index in [1.807, 2.05) is 25.3 Å². The van der Waals surface area contributed by atoms with Crippen LogP contribution in [0.25, 0.3) is 0 Å². The molecule has 6 nitrogen and oxygen atoms in total. The highest BCUT2D eigenvalue weighted by atomic mass is 127. The number of rotatable bonds is 5. The largest absolute Gasteiger partial charge is 0.450 e. The Morgan fingerprint density at radius 2 is 2.04 bits per heavy atom. The SMILES string of the molecule is CCOC(=O)N1CCN(C(=NC)NCC(C)Cc2cccs2)CC1.I. The molecule has 1 N–H and O–H groups in total. The smallest absolute Gasteiger partial charge is 0.409 e. The van der Waals surface area contributed by atoms with E-state index in [2.05, 4.69) is 39.6 Å². The van der Waals surface area contributed by atoms with E-state index in [0.29, 0.717) is 25.6 Å². The number of nitrogens with one attached hydrogen (secondary N) is 1. The number of halogens is 1. The van der Waals surface area contributed by atoms with Crippen LogP contribution in [0, 0.1) is 5.92 Å². The van der Waals surface area contributed by atoms with Gasteiger partial charge in [-0.2, -0.15) is 0 Å². The second-order valence-electron chi connectivity index (χ2n) is 5.99. The summed E-state index contributed by atoms with van der Waals surface area (Å²) in [6.07, 6.45) is 0.864. The lowest BCUT2D eigenvalue weighted by Crippen LogP contribution is -2.54. The number of hydrogen-bond acceptors (Lipinski definition) is 4. The van der Waals surface area contributed by atoms with Gasteiger partial charge < -0.3 is 19.9 Å². The molecule has 0 aliphatic carbocycles. The average molecular weight is 480 g/mol. The summed E-state index contributed by atoms with van der Waals surface area (Å²) in [4.78, 5) is 21.5. The van der Waals surface area contributed by atoms with Crippen LogP contribution in [0.5, 0.6) is 0 Å². The summed E-state index contributed by atoms with van der Waals surface area (Å²) in [5, 5.41) is 5.59. The van der Waals surface area contributed by atoms with E-state index in [9.17, 15) is 4.79 Å². The Kier molecular flexibility index (Phi) is 10.2. The zero-order valence-corrected chi connectivity index (χ0v) is 18.4. The van der Waals surface area contributed by atoms with Crippen LogP contribution in [-0.4, -0.2) is 68.2 Å². The number of piperazine rings is 1. The monoisotopic (exact) mass is 480 g/mol. The van der Waals surface area contributed by atoms with E-state index in [0.717, 1.165) is 32.0 Å². The lowest BCUT2D eigenvalue weighted by Gasteiger charge is -2.36. The topological polar surface area (TPSA) is 57.2 Å². The first-order valence-corrected chi connectivity index (χ1v) is 9.41. The number of nitrogens with zero attached hydrogens (tertiary/aromatic N) is 3. The molecule has 142 valence electrons. The molecule has 1 unspecified atom stereocenters. The molecule has 1 aliphatic rings. The minimum atomic E-state index is -0.218. The molecule has 1 saturated heterocycles. The predicted octanol–water partition coefficient (Wildman–Crippen LogP) is 2.89. The predicted molar refractivity (Wildman–Crippen MR) is 114 cm³/mol. The van der Waals surface area contributed by atoms with Crippen molar-refractivity contribution in [2.24, 2.45) is 10.9 Å². The Balaban J connectivity index is 0.00000312. The lowest BCUT2D eigenvalue weighted by atomic mass is 10.1. The first-order valence-electron chi connectivity index (χ1n) is 8.53.